The van der Waals surface area contributed by atoms with Crippen molar-refractivity contribution in [1.82, 2.24) is 0 Å². The van der Waals surface area contributed by atoms with E-state index in [1.54, 1.807) is 0 Å². The molecule has 0 radical (unpaired) electrons. The van der Waals surface area contributed by atoms with Gasteiger partial charge in [-0.05, 0) is 31.9 Å². The first kappa shape index (κ1) is 12.0. The van der Waals surface area contributed by atoms with Crippen molar-refractivity contribution < 1.29 is 5.11 Å². The Labute approximate surface area is 91.3 Å². The zero-order chi connectivity index (χ0) is 11.4. The summed E-state index contributed by atoms with van der Waals surface area (Å²) in [5.41, 5.74) is 10.5. The topological polar surface area (TPSA) is 58.3 Å². The number of anilines is 1. The van der Waals surface area contributed by atoms with Crippen LogP contribution in [0.4, 0.5) is 5.69 Å². The van der Waals surface area contributed by atoms with E-state index in [0.29, 0.717) is 6.54 Å². The number of aryl methyl sites for hydroxylation is 3. The highest BCUT2D eigenvalue weighted by Gasteiger charge is 2.05. The summed E-state index contributed by atoms with van der Waals surface area (Å²) in [6, 6.07) is 4.07. The lowest BCUT2D eigenvalue weighted by Crippen LogP contribution is -2.32. The summed E-state index contributed by atoms with van der Waals surface area (Å²) >= 11 is 0. The summed E-state index contributed by atoms with van der Waals surface area (Å²) in [4.78, 5) is 0. The maximum atomic E-state index is 8.83. The van der Waals surface area contributed by atoms with Gasteiger partial charge in [-0.1, -0.05) is 17.7 Å². The summed E-state index contributed by atoms with van der Waals surface area (Å²) in [7, 11) is 0. The summed E-state index contributed by atoms with van der Waals surface area (Å²) in [5.74, 6) is 0. The van der Waals surface area contributed by atoms with Gasteiger partial charge in [0.05, 0.1) is 6.61 Å². The van der Waals surface area contributed by atoms with E-state index in [-0.39, 0.29) is 12.6 Å². The third-order valence-corrected chi connectivity index (χ3v) is 2.45. The number of benzene rings is 1. The van der Waals surface area contributed by atoms with Gasteiger partial charge in [0.25, 0.3) is 0 Å². The minimum Gasteiger partial charge on any atom is -0.395 e. The van der Waals surface area contributed by atoms with Crippen LogP contribution in [0.15, 0.2) is 12.1 Å². The van der Waals surface area contributed by atoms with Crippen LogP contribution in [0.25, 0.3) is 0 Å². The highest BCUT2D eigenvalue weighted by molar-refractivity contribution is 5.58. The zero-order valence-electron chi connectivity index (χ0n) is 9.67. The van der Waals surface area contributed by atoms with E-state index >= 15 is 0 Å². The number of rotatable bonds is 4. The van der Waals surface area contributed by atoms with Crippen LogP contribution in [0.3, 0.4) is 0 Å². The van der Waals surface area contributed by atoms with Crippen molar-refractivity contribution in [3.05, 3.63) is 28.8 Å². The van der Waals surface area contributed by atoms with Crippen LogP contribution in [0, 0.1) is 20.8 Å². The van der Waals surface area contributed by atoms with Crippen LogP contribution >= 0.6 is 0 Å². The Hall–Kier alpha value is -1.06. The second-order valence-electron chi connectivity index (χ2n) is 4.10. The molecule has 15 heavy (non-hydrogen) atoms. The molecule has 0 saturated heterocycles. The van der Waals surface area contributed by atoms with Crippen LogP contribution in [-0.2, 0) is 0 Å². The van der Waals surface area contributed by atoms with Crippen molar-refractivity contribution >= 4 is 5.69 Å². The van der Waals surface area contributed by atoms with Gasteiger partial charge in [-0.3, -0.25) is 0 Å². The number of aliphatic hydroxyl groups is 1. The van der Waals surface area contributed by atoms with Gasteiger partial charge in [0, 0.05) is 18.3 Å². The monoisotopic (exact) mass is 208 g/mol. The number of nitrogens with two attached hydrogens (primary N) is 1. The molecule has 1 atom stereocenters. The SMILES string of the molecule is Cc1cc(C)c(NCC(N)CO)c(C)c1. The van der Waals surface area contributed by atoms with Crippen molar-refractivity contribution in [3.63, 3.8) is 0 Å². The molecule has 1 aromatic rings. The summed E-state index contributed by atoms with van der Waals surface area (Å²) in [6.07, 6.45) is 0. The van der Waals surface area contributed by atoms with Gasteiger partial charge in [-0.25, -0.2) is 0 Å². The lowest BCUT2D eigenvalue weighted by atomic mass is 10.0. The van der Waals surface area contributed by atoms with Gasteiger partial charge in [0.2, 0.25) is 0 Å². The maximum absolute atomic E-state index is 8.83. The van der Waals surface area contributed by atoms with E-state index in [1.165, 1.54) is 16.7 Å². The van der Waals surface area contributed by atoms with E-state index in [1.807, 2.05) is 0 Å². The van der Waals surface area contributed by atoms with Gasteiger partial charge < -0.3 is 16.2 Å². The number of aliphatic hydroxyl groups excluding tert-OH is 1. The third kappa shape index (κ3) is 3.22. The first-order valence-corrected chi connectivity index (χ1v) is 5.22. The summed E-state index contributed by atoms with van der Waals surface area (Å²) in [6.45, 7) is 6.85. The van der Waals surface area contributed by atoms with Gasteiger partial charge in [-0.15, -0.1) is 0 Å². The van der Waals surface area contributed by atoms with E-state index in [4.69, 9.17) is 10.8 Å². The van der Waals surface area contributed by atoms with E-state index in [0.717, 1.165) is 5.69 Å². The summed E-state index contributed by atoms with van der Waals surface area (Å²) < 4.78 is 0. The average molecular weight is 208 g/mol. The Bertz CT molecular complexity index is 313. The molecule has 0 amide bonds. The number of nitrogens with one attached hydrogen (secondary N) is 1. The fourth-order valence-electron chi connectivity index (χ4n) is 1.76. The molecular formula is C12H20N2O. The fourth-order valence-corrected chi connectivity index (χ4v) is 1.76. The van der Waals surface area contributed by atoms with E-state index in [2.05, 4.69) is 38.2 Å². The molecular weight excluding hydrogens is 188 g/mol. The van der Waals surface area contributed by atoms with E-state index in [9.17, 15) is 0 Å². The highest BCUT2D eigenvalue weighted by atomic mass is 16.3. The quantitative estimate of drug-likeness (QED) is 0.700. The van der Waals surface area contributed by atoms with Crippen LogP contribution in [0.1, 0.15) is 16.7 Å². The van der Waals surface area contributed by atoms with Crippen molar-refractivity contribution in [2.24, 2.45) is 5.73 Å². The van der Waals surface area contributed by atoms with E-state index < -0.39 is 0 Å². The molecule has 1 unspecified atom stereocenters. The van der Waals surface area contributed by atoms with Crippen molar-refractivity contribution in [1.29, 1.82) is 0 Å². The minimum atomic E-state index is -0.204. The summed E-state index contributed by atoms with van der Waals surface area (Å²) in [5, 5.41) is 12.1. The molecule has 4 N–H and O–H groups in total. The predicted octanol–water partition coefficient (Wildman–Crippen LogP) is 1.34. The Morgan fingerprint density at radius 1 is 1.27 bits per heavy atom. The highest BCUT2D eigenvalue weighted by Crippen LogP contribution is 2.21. The molecule has 84 valence electrons. The van der Waals surface area contributed by atoms with Crippen molar-refractivity contribution in [3.8, 4) is 0 Å². The molecule has 0 spiro atoms. The fraction of sp³-hybridized carbons (Fsp3) is 0.500. The smallest absolute Gasteiger partial charge is 0.0599 e. The molecule has 0 aliphatic rings. The molecule has 1 aromatic carbocycles. The largest absolute Gasteiger partial charge is 0.395 e. The van der Waals surface area contributed by atoms with Crippen molar-refractivity contribution in [2.45, 2.75) is 26.8 Å². The first-order valence-electron chi connectivity index (χ1n) is 5.22. The van der Waals surface area contributed by atoms with Crippen LogP contribution < -0.4 is 11.1 Å². The second kappa shape index (κ2) is 5.14. The number of hydrogen-bond acceptors (Lipinski definition) is 3. The second-order valence-corrected chi connectivity index (χ2v) is 4.10. The molecule has 0 bridgehead atoms. The van der Waals surface area contributed by atoms with Crippen LogP contribution in [-0.4, -0.2) is 24.3 Å². The Morgan fingerprint density at radius 3 is 2.27 bits per heavy atom. The minimum absolute atomic E-state index is 0.0109. The Kier molecular flexibility index (Phi) is 4.12. The molecule has 0 fully saturated rings. The van der Waals surface area contributed by atoms with Gasteiger partial charge in [0.15, 0.2) is 0 Å². The van der Waals surface area contributed by atoms with Gasteiger partial charge in [0.1, 0.15) is 0 Å². The third-order valence-electron chi connectivity index (χ3n) is 2.45. The van der Waals surface area contributed by atoms with Crippen LogP contribution in [0.2, 0.25) is 0 Å². The molecule has 0 heterocycles. The normalized spacial score (nSPS) is 12.6. The van der Waals surface area contributed by atoms with Crippen molar-refractivity contribution in [2.75, 3.05) is 18.5 Å². The molecule has 0 aliphatic heterocycles. The van der Waals surface area contributed by atoms with Gasteiger partial charge >= 0.3 is 0 Å². The molecule has 3 nitrogen and oxygen atoms in total. The standard InChI is InChI=1S/C12H20N2O/c1-8-4-9(2)12(10(3)5-8)14-6-11(13)7-15/h4-5,11,14-15H,6-7,13H2,1-3H3. The maximum Gasteiger partial charge on any atom is 0.0599 e. The Morgan fingerprint density at radius 2 is 1.80 bits per heavy atom. The molecule has 0 aliphatic carbocycles. The zero-order valence-corrected chi connectivity index (χ0v) is 9.67. The average Bonchev–Trinajstić information content (AvgIpc) is 2.15. The molecule has 0 aromatic heterocycles. The molecule has 1 rings (SSSR count). The molecule has 3 heteroatoms. The number of hydrogen-bond donors (Lipinski definition) is 3. The molecule has 0 saturated carbocycles. The Balaban J connectivity index is 2.77. The van der Waals surface area contributed by atoms with Crippen LogP contribution in [0.5, 0.6) is 0 Å². The first-order chi connectivity index (χ1) is 7.04. The predicted molar refractivity (Wildman–Crippen MR) is 64.2 cm³/mol. The lowest BCUT2D eigenvalue weighted by molar-refractivity contribution is 0.270. The lowest BCUT2D eigenvalue weighted by Gasteiger charge is -2.16. The van der Waals surface area contributed by atoms with Gasteiger partial charge in [-0.2, -0.15) is 0 Å².